The van der Waals surface area contributed by atoms with Crippen LogP contribution in [0.15, 0.2) is 57.8 Å². The molecule has 0 bridgehead atoms. The molecule has 4 aromatic rings. The minimum atomic E-state index is -0.641. The van der Waals surface area contributed by atoms with Gasteiger partial charge in [0.1, 0.15) is 11.6 Å². The monoisotopic (exact) mass is 414 g/mol. The van der Waals surface area contributed by atoms with E-state index in [9.17, 15) is 9.18 Å². The van der Waals surface area contributed by atoms with Gasteiger partial charge in [0.05, 0.1) is 24.6 Å². The summed E-state index contributed by atoms with van der Waals surface area (Å²) < 4.78 is 30.1. The molecule has 0 saturated carbocycles. The van der Waals surface area contributed by atoms with Gasteiger partial charge in [0.25, 0.3) is 11.8 Å². The molecule has 10 heteroatoms. The topological polar surface area (TPSA) is 103 Å². The summed E-state index contributed by atoms with van der Waals surface area (Å²) in [7, 11) is 1.42. The first-order chi connectivity index (χ1) is 14.0. The molecule has 29 heavy (non-hydrogen) atoms. The Morgan fingerprint density at radius 1 is 1.17 bits per heavy atom. The van der Waals surface area contributed by atoms with Crippen LogP contribution in [0, 0.1) is 5.82 Å². The number of anilines is 1. The average molecular weight is 415 g/mol. The number of oxazole rings is 1. The Morgan fingerprint density at radius 2 is 2.00 bits per heavy atom. The van der Waals surface area contributed by atoms with Gasteiger partial charge in [-0.1, -0.05) is 11.6 Å². The number of nitrogens with zero attached hydrogens (tertiary/aromatic N) is 3. The van der Waals surface area contributed by atoms with E-state index >= 15 is 0 Å². The number of nitrogens with one attached hydrogen (secondary N) is 1. The third-order valence-electron chi connectivity index (χ3n) is 3.94. The van der Waals surface area contributed by atoms with Crippen LogP contribution in [-0.4, -0.2) is 28.2 Å². The summed E-state index contributed by atoms with van der Waals surface area (Å²) in [6.45, 7) is 0. The number of hydrogen-bond donors (Lipinski definition) is 1. The van der Waals surface area contributed by atoms with Gasteiger partial charge >= 0.3 is 0 Å². The van der Waals surface area contributed by atoms with E-state index in [0.717, 1.165) is 0 Å². The number of rotatable bonds is 5. The lowest BCUT2D eigenvalue weighted by Crippen LogP contribution is -2.14. The van der Waals surface area contributed by atoms with Gasteiger partial charge in [-0.15, -0.1) is 10.2 Å². The predicted molar refractivity (Wildman–Crippen MR) is 101 cm³/mol. The van der Waals surface area contributed by atoms with Crippen LogP contribution in [0.5, 0.6) is 5.75 Å². The summed E-state index contributed by atoms with van der Waals surface area (Å²) in [5.74, 6) is -0.390. The van der Waals surface area contributed by atoms with Gasteiger partial charge in [-0.3, -0.25) is 4.79 Å². The molecule has 0 spiro atoms. The minimum Gasteiger partial charge on any atom is -0.496 e. The fourth-order valence-corrected chi connectivity index (χ4v) is 2.73. The maximum atomic E-state index is 14.3. The lowest BCUT2D eigenvalue weighted by Gasteiger charge is -2.11. The number of aromatic nitrogens is 3. The Morgan fingerprint density at radius 3 is 2.76 bits per heavy atom. The summed E-state index contributed by atoms with van der Waals surface area (Å²) in [5.41, 5.74) is 0.488. The van der Waals surface area contributed by atoms with Crippen molar-refractivity contribution in [3.8, 4) is 28.9 Å². The Kier molecular flexibility index (Phi) is 4.96. The summed E-state index contributed by atoms with van der Waals surface area (Å²) in [4.78, 5) is 16.4. The van der Waals surface area contributed by atoms with E-state index in [0.29, 0.717) is 22.1 Å². The van der Waals surface area contributed by atoms with Gasteiger partial charge in [0.2, 0.25) is 11.7 Å². The van der Waals surface area contributed by atoms with Crippen molar-refractivity contribution in [2.24, 2.45) is 0 Å². The molecule has 1 N–H and O–H groups in total. The van der Waals surface area contributed by atoms with Crippen LogP contribution in [0.3, 0.4) is 0 Å². The largest absolute Gasteiger partial charge is 0.496 e. The molecule has 0 aliphatic rings. The number of carbonyl (C=O) groups is 1. The molecule has 2 heterocycles. The summed E-state index contributed by atoms with van der Waals surface area (Å²) in [6.07, 6.45) is 2.65. The van der Waals surface area contributed by atoms with E-state index in [1.807, 2.05) is 0 Å². The minimum absolute atomic E-state index is 0.0751. The lowest BCUT2D eigenvalue weighted by molar-refractivity contribution is 0.102. The van der Waals surface area contributed by atoms with Crippen LogP contribution in [0.1, 0.15) is 10.4 Å². The fraction of sp³-hybridized carbons (Fsp3) is 0.0526. The molecular weight excluding hydrogens is 403 g/mol. The van der Waals surface area contributed by atoms with E-state index in [1.165, 1.54) is 44.0 Å². The number of benzene rings is 2. The summed E-state index contributed by atoms with van der Waals surface area (Å²) in [6, 6.07) is 8.57. The molecule has 0 unspecified atom stereocenters. The lowest BCUT2D eigenvalue weighted by atomic mass is 10.1. The van der Waals surface area contributed by atoms with Crippen molar-refractivity contribution in [3.05, 3.63) is 65.4 Å². The molecule has 1 amide bonds. The highest BCUT2D eigenvalue weighted by Crippen LogP contribution is 2.28. The van der Waals surface area contributed by atoms with E-state index in [4.69, 9.17) is 25.2 Å². The van der Waals surface area contributed by atoms with Crippen molar-refractivity contribution in [3.63, 3.8) is 0 Å². The van der Waals surface area contributed by atoms with Crippen LogP contribution in [0.4, 0.5) is 10.1 Å². The number of ether oxygens (including phenoxy) is 1. The van der Waals surface area contributed by atoms with Gasteiger partial charge in [-0.2, -0.15) is 0 Å². The molecule has 0 aliphatic carbocycles. The molecule has 0 aliphatic heterocycles. The van der Waals surface area contributed by atoms with Crippen molar-refractivity contribution in [1.82, 2.24) is 15.2 Å². The Labute approximate surface area is 168 Å². The number of halogens is 2. The molecule has 0 radical (unpaired) electrons. The maximum Gasteiger partial charge on any atom is 0.285 e. The van der Waals surface area contributed by atoms with Crippen molar-refractivity contribution < 1.29 is 22.8 Å². The SMILES string of the molecule is COc1ccc(Cl)cc1C(=O)Nc1cc(-c2nnc(-c3cnco3)o2)ccc1F. The molecule has 4 rings (SSSR count). The third-order valence-corrected chi connectivity index (χ3v) is 4.17. The van der Waals surface area contributed by atoms with Gasteiger partial charge in [0, 0.05) is 10.6 Å². The Bertz CT molecular complexity index is 1180. The smallest absolute Gasteiger partial charge is 0.285 e. The molecule has 0 saturated heterocycles. The van der Waals surface area contributed by atoms with Crippen LogP contribution in [0.2, 0.25) is 5.02 Å². The number of hydrogen-bond acceptors (Lipinski definition) is 7. The standard InChI is InChI=1S/C19H12ClFN4O4/c1-27-15-5-3-11(20)7-12(15)17(26)23-14-6-10(2-4-13(14)21)18-24-25-19(29-18)16-8-22-9-28-16/h2-9H,1H3,(H,23,26). The predicted octanol–water partition coefficient (Wildman–Crippen LogP) is 4.45. The summed E-state index contributed by atoms with van der Waals surface area (Å²) >= 11 is 5.95. The Balaban J connectivity index is 1.63. The van der Waals surface area contributed by atoms with Crippen molar-refractivity contribution in [2.45, 2.75) is 0 Å². The zero-order valence-corrected chi connectivity index (χ0v) is 15.6. The first-order valence-electron chi connectivity index (χ1n) is 8.22. The fourth-order valence-electron chi connectivity index (χ4n) is 2.56. The first-order valence-corrected chi connectivity index (χ1v) is 8.60. The normalized spacial score (nSPS) is 10.7. The van der Waals surface area contributed by atoms with Crippen LogP contribution in [-0.2, 0) is 0 Å². The average Bonchev–Trinajstić information content (AvgIpc) is 3.41. The second-order valence-electron chi connectivity index (χ2n) is 5.77. The highest BCUT2D eigenvalue weighted by Gasteiger charge is 2.18. The van der Waals surface area contributed by atoms with E-state index in [1.54, 1.807) is 12.1 Å². The number of methoxy groups -OCH3 is 1. The molecule has 146 valence electrons. The second kappa shape index (κ2) is 7.72. The van der Waals surface area contributed by atoms with Gasteiger partial charge in [0.15, 0.2) is 6.39 Å². The Hall–Kier alpha value is -3.72. The second-order valence-corrected chi connectivity index (χ2v) is 6.21. The van der Waals surface area contributed by atoms with Gasteiger partial charge < -0.3 is 18.9 Å². The maximum absolute atomic E-state index is 14.3. The zero-order valence-electron chi connectivity index (χ0n) is 14.8. The third kappa shape index (κ3) is 3.81. The van der Waals surface area contributed by atoms with Gasteiger partial charge in [-0.25, -0.2) is 9.37 Å². The van der Waals surface area contributed by atoms with E-state index in [2.05, 4.69) is 20.5 Å². The molecule has 2 aromatic heterocycles. The molecule has 2 aromatic carbocycles. The van der Waals surface area contributed by atoms with E-state index < -0.39 is 11.7 Å². The zero-order chi connectivity index (χ0) is 20.4. The van der Waals surface area contributed by atoms with Gasteiger partial charge in [-0.05, 0) is 36.4 Å². The van der Waals surface area contributed by atoms with E-state index in [-0.39, 0.29) is 23.0 Å². The molecule has 0 fully saturated rings. The van der Waals surface area contributed by atoms with Crippen molar-refractivity contribution >= 4 is 23.2 Å². The number of amides is 1. The van der Waals surface area contributed by atoms with Crippen LogP contribution >= 0.6 is 11.6 Å². The van der Waals surface area contributed by atoms with Crippen molar-refractivity contribution in [1.29, 1.82) is 0 Å². The van der Waals surface area contributed by atoms with Crippen molar-refractivity contribution in [2.75, 3.05) is 12.4 Å². The van der Waals surface area contributed by atoms with Crippen LogP contribution < -0.4 is 10.1 Å². The highest BCUT2D eigenvalue weighted by atomic mass is 35.5. The highest BCUT2D eigenvalue weighted by molar-refractivity contribution is 6.31. The summed E-state index contributed by atoms with van der Waals surface area (Å²) in [5, 5.41) is 10.6. The van der Waals surface area contributed by atoms with Crippen LogP contribution in [0.25, 0.3) is 23.1 Å². The number of carbonyl (C=O) groups excluding carboxylic acids is 1. The molecular formula is C19H12ClFN4O4. The first kappa shape index (κ1) is 18.6. The molecule has 0 atom stereocenters. The molecule has 8 nitrogen and oxygen atoms in total. The quantitative estimate of drug-likeness (QED) is 0.514.